The van der Waals surface area contributed by atoms with Gasteiger partial charge in [0.05, 0.1) is 23.2 Å². The number of rotatable bonds is 5. The normalized spacial score (nSPS) is 11.7. The summed E-state index contributed by atoms with van der Waals surface area (Å²) in [4.78, 5) is 29.4. The van der Waals surface area contributed by atoms with Crippen LogP contribution in [0.4, 0.5) is 0 Å². The van der Waals surface area contributed by atoms with Gasteiger partial charge in [-0.05, 0) is 50.6 Å². The second-order valence-corrected chi connectivity index (χ2v) is 7.36. The first kappa shape index (κ1) is 19.0. The first-order chi connectivity index (χ1) is 13.0. The summed E-state index contributed by atoms with van der Waals surface area (Å²) in [6.45, 7) is 6.53. The lowest BCUT2D eigenvalue weighted by molar-refractivity contribution is -0.143. The van der Waals surface area contributed by atoms with Gasteiger partial charge in [0, 0.05) is 12.1 Å². The Bertz CT molecular complexity index is 1060. The van der Waals surface area contributed by atoms with E-state index in [2.05, 4.69) is 11.1 Å². The van der Waals surface area contributed by atoms with E-state index in [1.165, 1.54) is 11.3 Å². The largest absolute Gasteiger partial charge is 0.466 e. The Morgan fingerprint density at radius 3 is 2.63 bits per heavy atom. The van der Waals surface area contributed by atoms with E-state index in [0.29, 0.717) is 23.5 Å². The maximum Gasteiger partial charge on any atom is 0.307 e. The molecular weight excluding hydrogens is 360 g/mol. The lowest BCUT2D eigenvalue weighted by atomic mass is 10.1. The molecule has 0 atom stereocenters. The van der Waals surface area contributed by atoms with Crippen molar-refractivity contribution in [1.29, 1.82) is 0 Å². The first-order valence-electron chi connectivity index (χ1n) is 8.89. The van der Waals surface area contributed by atoms with Crippen molar-refractivity contribution in [3.63, 3.8) is 0 Å². The van der Waals surface area contributed by atoms with Gasteiger partial charge < -0.3 is 9.30 Å². The van der Waals surface area contributed by atoms with Gasteiger partial charge in [0.2, 0.25) is 0 Å². The van der Waals surface area contributed by atoms with E-state index in [4.69, 9.17) is 4.74 Å². The Morgan fingerprint density at radius 2 is 1.89 bits per heavy atom. The third kappa shape index (κ3) is 4.52. The lowest BCUT2D eigenvalue weighted by Gasteiger charge is -2.05. The van der Waals surface area contributed by atoms with Gasteiger partial charge in [-0.3, -0.25) is 9.59 Å². The Hall–Kier alpha value is -2.73. The average molecular weight is 382 g/mol. The highest BCUT2D eigenvalue weighted by atomic mass is 32.1. The number of nitrogens with zero attached hydrogens (tertiary/aromatic N) is 2. The minimum atomic E-state index is -0.285. The molecule has 0 aliphatic carbocycles. The predicted molar refractivity (Wildman–Crippen MR) is 107 cm³/mol. The van der Waals surface area contributed by atoms with Gasteiger partial charge in [-0.25, -0.2) is 0 Å². The monoisotopic (exact) mass is 382 g/mol. The summed E-state index contributed by atoms with van der Waals surface area (Å²) in [5.41, 5.74) is 3.67. The second-order valence-electron chi connectivity index (χ2n) is 6.35. The summed E-state index contributed by atoms with van der Waals surface area (Å²) in [5.74, 6) is -0.542. The van der Waals surface area contributed by atoms with Crippen LogP contribution in [0, 0.1) is 13.8 Å². The van der Waals surface area contributed by atoms with Crippen molar-refractivity contribution in [2.24, 2.45) is 4.99 Å². The van der Waals surface area contributed by atoms with Crippen LogP contribution in [0.2, 0.25) is 0 Å². The highest BCUT2D eigenvalue weighted by Gasteiger charge is 2.11. The van der Waals surface area contributed by atoms with Crippen LogP contribution in [0.15, 0.2) is 47.5 Å². The minimum Gasteiger partial charge on any atom is -0.466 e. The lowest BCUT2D eigenvalue weighted by Crippen LogP contribution is -2.19. The Balaban J connectivity index is 2.03. The standard InChI is InChI=1S/C21H22N2O3S/c1-4-26-19(24)10-11-23-17-9-8-15(3)13-18(17)27-21(23)22-20(25)16-7-5-6-14(2)12-16/h5-9,12-13H,4,10-11H2,1-3H3. The molecule has 1 amide bonds. The number of aryl methyl sites for hydroxylation is 3. The number of thiazole rings is 1. The Morgan fingerprint density at radius 1 is 1.11 bits per heavy atom. The fraction of sp³-hybridized carbons (Fsp3) is 0.286. The van der Waals surface area contributed by atoms with E-state index in [1.54, 1.807) is 13.0 Å². The fourth-order valence-electron chi connectivity index (χ4n) is 2.85. The number of amides is 1. The third-order valence-electron chi connectivity index (χ3n) is 4.15. The molecule has 3 rings (SSSR count). The van der Waals surface area contributed by atoms with Crippen LogP contribution < -0.4 is 4.80 Å². The highest BCUT2D eigenvalue weighted by molar-refractivity contribution is 7.16. The molecule has 0 radical (unpaired) electrons. The maximum atomic E-state index is 12.6. The van der Waals surface area contributed by atoms with Crippen LogP contribution in [0.1, 0.15) is 34.8 Å². The van der Waals surface area contributed by atoms with Gasteiger partial charge in [-0.2, -0.15) is 4.99 Å². The van der Waals surface area contributed by atoms with E-state index < -0.39 is 0 Å². The molecule has 0 unspecified atom stereocenters. The van der Waals surface area contributed by atoms with Crippen LogP contribution in [-0.4, -0.2) is 23.1 Å². The molecule has 6 heteroatoms. The molecule has 0 saturated carbocycles. The van der Waals surface area contributed by atoms with Gasteiger partial charge in [0.1, 0.15) is 0 Å². The number of carbonyl (C=O) groups excluding carboxylic acids is 2. The summed E-state index contributed by atoms with van der Waals surface area (Å²) >= 11 is 1.45. The summed E-state index contributed by atoms with van der Waals surface area (Å²) in [6.07, 6.45) is 0.235. The topological polar surface area (TPSA) is 60.7 Å². The Kier molecular flexibility index (Phi) is 5.86. The molecule has 2 aromatic carbocycles. The summed E-state index contributed by atoms with van der Waals surface area (Å²) in [6, 6.07) is 13.5. The zero-order valence-electron chi connectivity index (χ0n) is 15.7. The molecule has 0 aliphatic rings. The molecule has 27 heavy (non-hydrogen) atoms. The molecule has 0 saturated heterocycles. The van der Waals surface area contributed by atoms with Crippen molar-refractivity contribution in [3.05, 3.63) is 64.0 Å². The third-order valence-corrected chi connectivity index (χ3v) is 5.19. The quantitative estimate of drug-likeness (QED) is 0.626. The molecule has 3 aromatic rings. The zero-order valence-corrected chi connectivity index (χ0v) is 16.5. The molecule has 0 bridgehead atoms. The van der Waals surface area contributed by atoms with Crippen molar-refractivity contribution in [2.75, 3.05) is 6.61 Å². The number of esters is 1. The van der Waals surface area contributed by atoms with Gasteiger partial charge in [-0.15, -0.1) is 0 Å². The molecule has 0 N–H and O–H groups in total. The van der Waals surface area contributed by atoms with Gasteiger partial charge in [-0.1, -0.05) is 35.1 Å². The van der Waals surface area contributed by atoms with Gasteiger partial charge in [0.25, 0.3) is 5.91 Å². The molecule has 0 fully saturated rings. The second kappa shape index (κ2) is 8.31. The summed E-state index contributed by atoms with van der Waals surface area (Å²) in [5, 5.41) is 0. The van der Waals surface area contributed by atoms with Crippen LogP contribution in [0.5, 0.6) is 0 Å². The Labute approximate surface area is 161 Å². The molecule has 1 aromatic heterocycles. The zero-order chi connectivity index (χ0) is 19.4. The van der Waals surface area contributed by atoms with E-state index in [0.717, 1.165) is 21.3 Å². The van der Waals surface area contributed by atoms with E-state index >= 15 is 0 Å². The summed E-state index contributed by atoms with van der Waals surface area (Å²) < 4.78 is 7.99. The fourth-order valence-corrected chi connectivity index (χ4v) is 4.00. The first-order valence-corrected chi connectivity index (χ1v) is 9.71. The number of carbonyl (C=O) groups is 2. The highest BCUT2D eigenvalue weighted by Crippen LogP contribution is 2.19. The molecule has 0 spiro atoms. The van der Waals surface area contributed by atoms with Crippen molar-refractivity contribution < 1.29 is 14.3 Å². The maximum absolute atomic E-state index is 12.6. The summed E-state index contributed by atoms with van der Waals surface area (Å²) in [7, 11) is 0. The van der Waals surface area contributed by atoms with Gasteiger partial charge in [0.15, 0.2) is 4.80 Å². The smallest absolute Gasteiger partial charge is 0.307 e. The van der Waals surface area contributed by atoms with E-state index in [-0.39, 0.29) is 18.3 Å². The van der Waals surface area contributed by atoms with Crippen molar-refractivity contribution in [1.82, 2.24) is 4.57 Å². The molecular formula is C21H22N2O3S. The van der Waals surface area contributed by atoms with Crippen molar-refractivity contribution in [3.8, 4) is 0 Å². The predicted octanol–water partition coefficient (Wildman–Crippen LogP) is 4.01. The van der Waals surface area contributed by atoms with E-state index in [1.807, 2.05) is 48.7 Å². The van der Waals surface area contributed by atoms with E-state index in [9.17, 15) is 9.59 Å². The molecule has 1 heterocycles. The number of fused-ring (bicyclic) bond motifs is 1. The minimum absolute atomic E-state index is 0.235. The van der Waals surface area contributed by atoms with Crippen LogP contribution in [0.3, 0.4) is 0 Å². The molecule has 140 valence electrons. The van der Waals surface area contributed by atoms with Crippen molar-refractivity contribution >= 4 is 33.4 Å². The number of ether oxygens (including phenoxy) is 1. The van der Waals surface area contributed by atoms with Crippen molar-refractivity contribution in [2.45, 2.75) is 33.7 Å². The van der Waals surface area contributed by atoms with Gasteiger partial charge >= 0.3 is 5.97 Å². The number of hydrogen-bond donors (Lipinski definition) is 0. The number of aromatic nitrogens is 1. The number of hydrogen-bond acceptors (Lipinski definition) is 4. The molecule has 5 nitrogen and oxygen atoms in total. The number of benzene rings is 2. The van der Waals surface area contributed by atoms with Crippen LogP contribution >= 0.6 is 11.3 Å². The SMILES string of the molecule is CCOC(=O)CCn1c(=NC(=O)c2cccc(C)c2)sc2cc(C)ccc21. The van der Waals surface area contributed by atoms with Crippen LogP contribution in [-0.2, 0) is 16.1 Å². The van der Waals surface area contributed by atoms with Crippen LogP contribution in [0.25, 0.3) is 10.2 Å². The molecule has 0 aliphatic heterocycles. The average Bonchev–Trinajstić information content (AvgIpc) is 2.96.